The number of carbonyl (C=O) groups is 2. The highest BCUT2D eigenvalue weighted by molar-refractivity contribution is 5.84. The predicted octanol–water partition coefficient (Wildman–Crippen LogP) is -1.78. The van der Waals surface area contributed by atoms with Gasteiger partial charge in [0.15, 0.2) is 0 Å². The molecule has 1 aromatic rings. The van der Waals surface area contributed by atoms with Crippen molar-refractivity contribution >= 4 is 11.7 Å². The molecular weight excluding hydrogens is 264 g/mol. The van der Waals surface area contributed by atoms with E-state index in [0.29, 0.717) is 5.56 Å². The fourth-order valence-electron chi connectivity index (χ4n) is 1.70. The zero-order valence-electron chi connectivity index (χ0n) is 11.5. The van der Waals surface area contributed by atoms with Crippen LogP contribution in [0.3, 0.4) is 0 Å². The molecule has 0 aliphatic rings. The lowest BCUT2D eigenvalue weighted by Crippen LogP contribution is -2.42. The van der Waals surface area contributed by atoms with Gasteiger partial charge in [-0.05, 0) is 13.8 Å². The molecule has 1 heterocycles. The van der Waals surface area contributed by atoms with Gasteiger partial charge >= 0.3 is 5.69 Å². The number of nitrogens with one attached hydrogen (secondary N) is 1. The summed E-state index contributed by atoms with van der Waals surface area (Å²) in [6.45, 7) is 3.06. The lowest BCUT2D eigenvalue weighted by Gasteiger charge is -2.21. The molecule has 1 aromatic heterocycles. The number of nitrogens with two attached hydrogens (primary N) is 1. The van der Waals surface area contributed by atoms with Gasteiger partial charge in [0.2, 0.25) is 5.91 Å². The number of nitrogens with zero attached hydrogens (tertiary/aromatic N) is 2. The molecule has 1 amide bonds. The van der Waals surface area contributed by atoms with E-state index in [1.54, 1.807) is 0 Å². The Kier molecular flexibility index (Phi) is 5.39. The third-order valence-corrected chi connectivity index (χ3v) is 2.66. The number of rotatable bonds is 6. The lowest BCUT2D eigenvalue weighted by molar-refractivity contribution is -0.135. The van der Waals surface area contributed by atoms with Gasteiger partial charge in [0.1, 0.15) is 12.3 Å². The first kappa shape index (κ1) is 15.8. The van der Waals surface area contributed by atoms with E-state index in [9.17, 15) is 19.2 Å². The summed E-state index contributed by atoms with van der Waals surface area (Å²) in [6.07, 6.45) is 1.31. The van der Waals surface area contributed by atoms with E-state index in [4.69, 9.17) is 5.73 Å². The Balaban J connectivity index is 2.93. The molecule has 0 unspecified atom stereocenters. The SMILES string of the molecule is CC(=O)CN(CCN)C(=O)Cn1cc(C)c(=O)[nH]c1=O. The number of ketones is 1. The van der Waals surface area contributed by atoms with E-state index >= 15 is 0 Å². The maximum Gasteiger partial charge on any atom is 0.328 e. The first-order valence-corrected chi connectivity index (χ1v) is 6.12. The van der Waals surface area contributed by atoms with Crippen LogP contribution >= 0.6 is 0 Å². The van der Waals surface area contributed by atoms with E-state index in [2.05, 4.69) is 4.98 Å². The molecule has 0 radical (unpaired) electrons. The Hall–Kier alpha value is -2.22. The van der Waals surface area contributed by atoms with Crippen LogP contribution in [0.1, 0.15) is 12.5 Å². The topological polar surface area (TPSA) is 118 Å². The van der Waals surface area contributed by atoms with Gasteiger partial charge in [-0.1, -0.05) is 0 Å². The fourth-order valence-corrected chi connectivity index (χ4v) is 1.70. The molecule has 0 atom stereocenters. The number of Topliss-reactive ketones (excluding diaryl/α,β-unsaturated/α-hetero) is 1. The van der Waals surface area contributed by atoms with E-state index in [1.807, 2.05) is 0 Å². The number of carbonyl (C=O) groups excluding carboxylic acids is 2. The number of aromatic nitrogens is 2. The molecule has 8 nitrogen and oxygen atoms in total. The van der Waals surface area contributed by atoms with E-state index in [0.717, 1.165) is 4.57 Å². The van der Waals surface area contributed by atoms with Gasteiger partial charge < -0.3 is 10.6 Å². The van der Waals surface area contributed by atoms with Crippen LogP contribution in [0.2, 0.25) is 0 Å². The molecule has 20 heavy (non-hydrogen) atoms. The molecule has 1 rings (SSSR count). The number of aromatic amines is 1. The van der Waals surface area contributed by atoms with Crippen LogP contribution in [0, 0.1) is 6.92 Å². The molecule has 0 fully saturated rings. The summed E-state index contributed by atoms with van der Waals surface area (Å²) in [4.78, 5) is 49.4. The molecule has 0 aliphatic heterocycles. The smallest absolute Gasteiger partial charge is 0.328 e. The highest BCUT2D eigenvalue weighted by Gasteiger charge is 2.16. The van der Waals surface area contributed by atoms with E-state index in [-0.39, 0.29) is 32.0 Å². The van der Waals surface area contributed by atoms with Gasteiger partial charge in [-0.2, -0.15) is 0 Å². The van der Waals surface area contributed by atoms with Crippen molar-refractivity contribution in [3.8, 4) is 0 Å². The Labute approximate surface area is 115 Å². The van der Waals surface area contributed by atoms with E-state index < -0.39 is 17.2 Å². The summed E-state index contributed by atoms with van der Waals surface area (Å²) < 4.78 is 1.10. The van der Waals surface area contributed by atoms with Crippen LogP contribution in [-0.4, -0.2) is 45.8 Å². The van der Waals surface area contributed by atoms with Crippen LogP contribution in [0.15, 0.2) is 15.8 Å². The van der Waals surface area contributed by atoms with E-state index in [1.165, 1.54) is 24.9 Å². The largest absolute Gasteiger partial charge is 0.333 e. The normalized spacial score (nSPS) is 10.3. The van der Waals surface area contributed by atoms with Crippen LogP contribution in [0.4, 0.5) is 0 Å². The molecule has 0 saturated heterocycles. The monoisotopic (exact) mass is 282 g/mol. The van der Waals surface area contributed by atoms with Gasteiger partial charge in [0, 0.05) is 24.8 Å². The number of amides is 1. The summed E-state index contributed by atoms with van der Waals surface area (Å²) in [5.41, 5.74) is 4.57. The van der Waals surface area contributed by atoms with Crippen molar-refractivity contribution in [3.63, 3.8) is 0 Å². The minimum atomic E-state index is -0.663. The molecule has 0 saturated carbocycles. The number of hydrogen-bond acceptors (Lipinski definition) is 5. The van der Waals surface area contributed by atoms with Crippen molar-refractivity contribution in [1.29, 1.82) is 0 Å². The second kappa shape index (κ2) is 6.80. The third-order valence-electron chi connectivity index (χ3n) is 2.66. The minimum Gasteiger partial charge on any atom is -0.333 e. The number of H-pyrrole nitrogens is 1. The number of aryl methyl sites for hydroxylation is 1. The first-order chi connectivity index (χ1) is 9.35. The summed E-state index contributed by atoms with van der Waals surface area (Å²) in [7, 11) is 0. The maximum absolute atomic E-state index is 12.1. The predicted molar refractivity (Wildman–Crippen MR) is 72.4 cm³/mol. The molecule has 110 valence electrons. The van der Waals surface area contributed by atoms with Crippen LogP contribution < -0.4 is 17.0 Å². The standard InChI is InChI=1S/C12H18N4O4/c1-8-5-16(12(20)14-11(8)19)7-10(18)15(4-3-13)6-9(2)17/h5H,3-4,6-7,13H2,1-2H3,(H,14,19,20). The Morgan fingerprint density at radius 2 is 2.05 bits per heavy atom. The van der Waals surface area contributed by atoms with Crippen LogP contribution in [0.5, 0.6) is 0 Å². The molecular formula is C12H18N4O4. The van der Waals surface area contributed by atoms with Crippen molar-refractivity contribution < 1.29 is 9.59 Å². The van der Waals surface area contributed by atoms with Gasteiger partial charge in [-0.25, -0.2) is 4.79 Å². The molecule has 0 spiro atoms. The Morgan fingerprint density at radius 3 is 2.60 bits per heavy atom. The maximum atomic E-state index is 12.1. The van der Waals surface area contributed by atoms with Crippen molar-refractivity contribution in [2.75, 3.05) is 19.6 Å². The molecule has 3 N–H and O–H groups in total. The first-order valence-electron chi connectivity index (χ1n) is 6.12. The van der Waals surface area contributed by atoms with Gasteiger partial charge in [0.25, 0.3) is 5.56 Å². The molecule has 8 heteroatoms. The van der Waals surface area contributed by atoms with Gasteiger partial charge in [-0.15, -0.1) is 0 Å². The second-order valence-corrected chi connectivity index (χ2v) is 4.51. The van der Waals surface area contributed by atoms with Crippen molar-refractivity contribution in [1.82, 2.24) is 14.5 Å². The average molecular weight is 282 g/mol. The Morgan fingerprint density at radius 1 is 1.40 bits per heavy atom. The number of hydrogen-bond donors (Lipinski definition) is 2. The highest BCUT2D eigenvalue weighted by Crippen LogP contribution is 1.94. The van der Waals surface area contributed by atoms with Gasteiger partial charge in [0.05, 0.1) is 6.54 Å². The van der Waals surface area contributed by atoms with Crippen molar-refractivity contribution in [3.05, 3.63) is 32.6 Å². The average Bonchev–Trinajstić information content (AvgIpc) is 2.34. The zero-order valence-corrected chi connectivity index (χ0v) is 11.5. The second-order valence-electron chi connectivity index (χ2n) is 4.51. The summed E-state index contributed by atoms with van der Waals surface area (Å²) in [5, 5.41) is 0. The fraction of sp³-hybridized carbons (Fsp3) is 0.500. The third kappa shape index (κ3) is 4.16. The van der Waals surface area contributed by atoms with Gasteiger partial charge in [-0.3, -0.25) is 23.9 Å². The summed E-state index contributed by atoms with van der Waals surface area (Å²) in [5.74, 6) is -0.573. The summed E-state index contributed by atoms with van der Waals surface area (Å²) >= 11 is 0. The molecule has 0 aliphatic carbocycles. The zero-order chi connectivity index (χ0) is 15.3. The van der Waals surface area contributed by atoms with Crippen molar-refractivity contribution in [2.24, 2.45) is 5.73 Å². The van der Waals surface area contributed by atoms with Crippen molar-refractivity contribution in [2.45, 2.75) is 20.4 Å². The summed E-state index contributed by atoms with van der Waals surface area (Å²) in [6, 6.07) is 0. The van der Waals surface area contributed by atoms with Crippen LogP contribution in [0.25, 0.3) is 0 Å². The quantitative estimate of drug-likeness (QED) is 0.639. The van der Waals surface area contributed by atoms with Crippen LogP contribution in [-0.2, 0) is 16.1 Å². The molecule has 0 aromatic carbocycles. The molecule has 0 bridgehead atoms. The lowest BCUT2D eigenvalue weighted by atomic mass is 10.3. The Bertz CT molecular complexity index is 617. The minimum absolute atomic E-state index is 0.0485. The highest BCUT2D eigenvalue weighted by atomic mass is 16.2.